The fourth-order valence-electron chi connectivity index (χ4n) is 4.33. The van der Waals surface area contributed by atoms with Crippen LogP contribution in [0.2, 0.25) is 0 Å². The highest BCUT2D eigenvalue weighted by atomic mass is 79.9. The Morgan fingerprint density at radius 1 is 1.32 bits per heavy atom. The molecule has 1 saturated heterocycles. The van der Waals surface area contributed by atoms with Gasteiger partial charge in [0.15, 0.2) is 0 Å². The molecule has 0 aliphatic carbocycles. The van der Waals surface area contributed by atoms with Crippen molar-refractivity contribution in [3.8, 4) is 0 Å². The molecule has 0 spiro atoms. The number of piperazine rings is 1. The molecule has 11 nitrogen and oxygen atoms in total. The number of nitrogens with zero attached hydrogens (tertiary/aromatic N) is 5. The van der Waals surface area contributed by atoms with Gasteiger partial charge >= 0.3 is 12.0 Å². The molecule has 1 aliphatic heterocycles. The highest BCUT2D eigenvalue weighted by Gasteiger charge is 2.35. The topological polar surface area (TPSA) is 137 Å². The molecule has 198 valence electrons. The summed E-state index contributed by atoms with van der Waals surface area (Å²) >= 11 is 3.11. The van der Waals surface area contributed by atoms with Crippen LogP contribution in [0.25, 0.3) is 0 Å². The number of anilines is 2. The van der Waals surface area contributed by atoms with Crippen LogP contribution in [-0.4, -0.2) is 74.9 Å². The first-order valence-electron chi connectivity index (χ1n) is 11.5. The second kappa shape index (κ2) is 11.2. The van der Waals surface area contributed by atoms with Crippen molar-refractivity contribution in [2.75, 3.05) is 31.1 Å². The second-order valence-corrected chi connectivity index (χ2v) is 9.95. The minimum absolute atomic E-state index is 0.0454. The van der Waals surface area contributed by atoms with E-state index in [0.29, 0.717) is 11.3 Å². The van der Waals surface area contributed by atoms with Crippen LogP contribution < -0.4 is 4.90 Å². The Morgan fingerprint density at radius 2 is 2.00 bits per heavy atom. The van der Waals surface area contributed by atoms with Gasteiger partial charge in [-0.3, -0.25) is 29.6 Å². The van der Waals surface area contributed by atoms with Crippen LogP contribution in [0.1, 0.15) is 48.3 Å². The standard InChI is InChI=1S/C24H27BrFN5O6/c1-13(2)21-22(14(3)5-6-27-21)31(20(32)12-30(36)37)19-10-17(25)18(26)9-16(19)23(33)29-8-7-28(24(34)35)11-15(29)4/h5-6,9-10,13,15H,7-8,11-12H2,1-4H3,(H,34,35)/t15-/m0/s1. The van der Waals surface area contributed by atoms with Crippen molar-refractivity contribution in [1.29, 1.82) is 0 Å². The third kappa shape index (κ3) is 5.87. The first kappa shape index (κ1) is 28.0. The van der Waals surface area contributed by atoms with Gasteiger partial charge in [-0.05, 0) is 59.5 Å². The number of carbonyl (C=O) groups excluding carboxylic acids is 2. The van der Waals surface area contributed by atoms with Crippen molar-refractivity contribution in [3.63, 3.8) is 0 Å². The maximum absolute atomic E-state index is 14.8. The molecule has 1 fully saturated rings. The van der Waals surface area contributed by atoms with Gasteiger partial charge < -0.3 is 14.9 Å². The molecule has 1 aromatic carbocycles. The number of nitro groups is 1. The summed E-state index contributed by atoms with van der Waals surface area (Å²) in [6, 6.07) is 3.33. The Labute approximate surface area is 221 Å². The van der Waals surface area contributed by atoms with Gasteiger partial charge in [-0.25, -0.2) is 9.18 Å². The van der Waals surface area contributed by atoms with Crippen LogP contribution in [0.3, 0.4) is 0 Å². The average molecular weight is 580 g/mol. The number of amides is 3. The lowest BCUT2D eigenvalue weighted by Gasteiger charge is -2.39. The molecule has 1 aliphatic rings. The first-order chi connectivity index (χ1) is 17.3. The molecule has 1 atom stereocenters. The fraction of sp³-hybridized carbons (Fsp3) is 0.417. The molecule has 0 saturated carbocycles. The summed E-state index contributed by atoms with van der Waals surface area (Å²) in [5, 5.41) is 20.6. The third-order valence-electron chi connectivity index (χ3n) is 6.11. The molecular formula is C24H27BrFN5O6. The van der Waals surface area contributed by atoms with Gasteiger partial charge in [-0.15, -0.1) is 0 Å². The minimum atomic E-state index is -1.11. The molecule has 3 amide bonds. The van der Waals surface area contributed by atoms with Crippen LogP contribution in [0.15, 0.2) is 28.9 Å². The predicted molar refractivity (Wildman–Crippen MR) is 136 cm³/mol. The number of carbonyl (C=O) groups is 3. The second-order valence-electron chi connectivity index (χ2n) is 9.10. The van der Waals surface area contributed by atoms with Crippen molar-refractivity contribution in [3.05, 3.63) is 61.6 Å². The number of pyridine rings is 1. The van der Waals surface area contributed by atoms with Crippen LogP contribution >= 0.6 is 15.9 Å². The zero-order valence-electron chi connectivity index (χ0n) is 20.8. The van der Waals surface area contributed by atoms with Crippen LogP contribution in [-0.2, 0) is 4.79 Å². The number of benzene rings is 1. The maximum Gasteiger partial charge on any atom is 0.407 e. The Morgan fingerprint density at radius 3 is 2.57 bits per heavy atom. The number of halogens is 2. The van der Waals surface area contributed by atoms with E-state index in [4.69, 9.17) is 0 Å². The summed E-state index contributed by atoms with van der Waals surface area (Å²) < 4.78 is 14.7. The number of rotatable bonds is 6. The average Bonchev–Trinajstić information content (AvgIpc) is 2.81. The van der Waals surface area contributed by atoms with Gasteiger partial charge in [-0.2, -0.15) is 0 Å². The van der Waals surface area contributed by atoms with Gasteiger partial charge in [0.25, 0.3) is 12.5 Å². The zero-order valence-corrected chi connectivity index (χ0v) is 22.4. The Balaban J connectivity index is 2.23. The highest BCUT2D eigenvalue weighted by molar-refractivity contribution is 9.10. The van der Waals surface area contributed by atoms with Crippen LogP contribution in [0, 0.1) is 22.9 Å². The summed E-state index contributed by atoms with van der Waals surface area (Å²) in [7, 11) is 0. The third-order valence-corrected chi connectivity index (χ3v) is 6.72. The van der Waals surface area contributed by atoms with E-state index in [1.165, 1.54) is 15.9 Å². The van der Waals surface area contributed by atoms with Crippen LogP contribution in [0.5, 0.6) is 0 Å². The molecule has 2 aromatic rings. The molecule has 0 unspecified atom stereocenters. The number of carboxylic acid groups (broad SMARTS) is 1. The first-order valence-corrected chi connectivity index (χ1v) is 12.3. The van der Waals surface area contributed by atoms with Gasteiger partial charge in [-0.1, -0.05) is 13.8 Å². The molecule has 37 heavy (non-hydrogen) atoms. The molecule has 13 heteroatoms. The van der Waals surface area contributed by atoms with E-state index in [1.807, 2.05) is 13.8 Å². The Bertz CT molecular complexity index is 1260. The normalized spacial score (nSPS) is 15.6. The maximum atomic E-state index is 14.8. The SMILES string of the molecule is Cc1ccnc(C(C)C)c1N(C(=O)C[N+](=O)[O-])c1cc(Br)c(F)cc1C(=O)N1CCN(C(=O)O)C[C@@H]1C. The van der Waals surface area contributed by atoms with Gasteiger partial charge in [0.1, 0.15) is 5.82 Å². The lowest BCUT2D eigenvalue weighted by molar-refractivity contribution is -0.467. The highest BCUT2D eigenvalue weighted by Crippen LogP contribution is 2.39. The van der Waals surface area contributed by atoms with E-state index < -0.39 is 41.2 Å². The number of aryl methyl sites for hydroxylation is 1. The molecule has 2 heterocycles. The molecule has 1 aromatic heterocycles. The zero-order chi connectivity index (χ0) is 27.6. The van der Waals surface area contributed by atoms with Crippen molar-refractivity contribution in [2.24, 2.45) is 0 Å². The molecule has 0 radical (unpaired) electrons. The molecular weight excluding hydrogens is 553 g/mol. The van der Waals surface area contributed by atoms with E-state index in [1.54, 1.807) is 26.1 Å². The fourth-order valence-corrected chi connectivity index (χ4v) is 4.66. The van der Waals surface area contributed by atoms with E-state index in [9.17, 15) is 34.0 Å². The number of hydrogen-bond donors (Lipinski definition) is 1. The smallest absolute Gasteiger partial charge is 0.407 e. The lowest BCUT2D eigenvalue weighted by Crippen LogP contribution is -2.55. The minimum Gasteiger partial charge on any atom is -0.465 e. The molecule has 1 N–H and O–H groups in total. The van der Waals surface area contributed by atoms with Crippen LogP contribution in [0.4, 0.5) is 20.6 Å². The van der Waals surface area contributed by atoms with E-state index in [2.05, 4.69) is 20.9 Å². The number of hydrogen-bond acceptors (Lipinski definition) is 6. The van der Waals surface area contributed by atoms with Gasteiger partial charge in [0.2, 0.25) is 0 Å². The van der Waals surface area contributed by atoms with Crippen molar-refractivity contribution in [2.45, 2.75) is 39.7 Å². The molecule has 0 bridgehead atoms. The van der Waals surface area contributed by atoms with E-state index in [-0.39, 0.29) is 47.0 Å². The summed E-state index contributed by atoms with van der Waals surface area (Å²) in [6.07, 6.45) is 0.444. The van der Waals surface area contributed by atoms with Gasteiger partial charge in [0.05, 0.1) is 27.1 Å². The predicted octanol–water partition coefficient (Wildman–Crippen LogP) is 4.18. The summed E-state index contributed by atoms with van der Waals surface area (Å²) in [5.41, 5.74) is 1.10. The summed E-state index contributed by atoms with van der Waals surface area (Å²) in [6.45, 7) is 6.16. The quantitative estimate of drug-likeness (QED) is 0.400. The largest absolute Gasteiger partial charge is 0.465 e. The molecule has 3 rings (SSSR count). The van der Waals surface area contributed by atoms with E-state index in [0.717, 1.165) is 11.0 Å². The summed E-state index contributed by atoms with van der Waals surface area (Å²) in [5.74, 6) is -2.52. The van der Waals surface area contributed by atoms with Crippen molar-refractivity contribution < 1.29 is 28.8 Å². The van der Waals surface area contributed by atoms with E-state index >= 15 is 0 Å². The Kier molecular flexibility index (Phi) is 8.46. The van der Waals surface area contributed by atoms with Gasteiger partial charge in [0, 0.05) is 36.8 Å². The lowest BCUT2D eigenvalue weighted by atomic mass is 10.0. The monoisotopic (exact) mass is 579 g/mol. The Hall–Kier alpha value is -3.61. The van der Waals surface area contributed by atoms with Crippen molar-refractivity contribution in [1.82, 2.24) is 14.8 Å². The summed E-state index contributed by atoms with van der Waals surface area (Å²) in [4.78, 5) is 57.1. The number of aromatic nitrogens is 1. The van der Waals surface area contributed by atoms with Crippen molar-refractivity contribution >= 4 is 45.2 Å².